The van der Waals surface area contributed by atoms with Crippen LogP contribution in [0.3, 0.4) is 0 Å². The highest BCUT2D eigenvalue weighted by atomic mass is 16.6. The first kappa shape index (κ1) is 74.0. The zero-order chi connectivity index (χ0) is 65.1. The predicted molar refractivity (Wildman–Crippen MR) is 318 cm³/mol. The minimum absolute atomic E-state index is 0.0677. The first-order valence-electron chi connectivity index (χ1n) is 29.4. The highest BCUT2D eigenvalue weighted by molar-refractivity contribution is 5.98. The molecule has 0 aromatic heterocycles. The average molecular weight is 1230 g/mol. The molecule has 3 rings (SSSR count). The van der Waals surface area contributed by atoms with Crippen LogP contribution < -0.4 is 31.9 Å². The third-order valence-electron chi connectivity index (χ3n) is 12.1. The molecule has 87 heavy (non-hydrogen) atoms. The van der Waals surface area contributed by atoms with E-state index in [1.54, 1.807) is 96.9 Å². The van der Waals surface area contributed by atoms with E-state index in [1.807, 2.05) is 48.5 Å². The summed E-state index contributed by atoms with van der Waals surface area (Å²) >= 11 is 0. The Kier molecular flexibility index (Phi) is 30.3. The summed E-state index contributed by atoms with van der Waals surface area (Å²) in [7, 11) is 0. The summed E-state index contributed by atoms with van der Waals surface area (Å²) in [4.78, 5) is 134. The van der Waals surface area contributed by atoms with Crippen molar-refractivity contribution >= 4 is 59.5 Å². The Morgan fingerprint density at radius 3 is 1.34 bits per heavy atom. The van der Waals surface area contributed by atoms with Crippen molar-refractivity contribution in [3.05, 3.63) is 59.7 Å². The second kappa shape index (κ2) is 35.6. The first-order chi connectivity index (χ1) is 40.6. The van der Waals surface area contributed by atoms with Crippen molar-refractivity contribution in [1.82, 2.24) is 31.9 Å². The van der Waals surface area contributed by atoms with Crippen molar-refractivity contribution in [2.75, 3.05) is 72.6 Å². The number of alkyl carbamates (subject to hydrolysis) is 1. The van der Waals surface area contributed by atoms with Gasteiger partial charge < -0.3 is 74.5 Å². The van der Waals surface area contributed by atoms with Crippen LogP contribution in [0.5, 0.6) is 0 Å². The monoisotopic (exact) mass is 1230 g/mol. The molecule has 0 aliphatic heterocycles. The fraction of sp³-hybridized carbons (Fsp3) is 0.645. The van der Waals surface area contributed by atoms with E-state index in [0.29, 0.717) is 26.4 Å². The highest BCUT2D eigenvalue weighted by Gasteiger charge is 2.37. The van der Waals surface area contributed by atoms with Crippen LogP contribution in [0, 0.1) is 5.92 Å². The average Bonchev–Trinajstić information content (AvgIpc) is 1.75. The summed E-state index contributed by atoms with van der Waals surface area (Å²) in [6, 6.07) is 8.97. The Morgan fingerprint density at radius 1 is 0.448 bits per heavy atom. The molecule has 25 nitrogen and oxygen atoms in total. The summed E-state index contributed by atoms with van der Waals surface area (Å²) in [5.74, 6) is -8.43. The van der Waals surface area contributed by atoms with Gasteiger partial charge in [-0.15, -0.1) is 0 Å². The number of nitrogens with one attached hydrogen (secondary N) is 6. The van der Waals surface area contributed by atoms with E-state index >= 15 is 0 Å². The second-order valence-corrected chi connectivity index (χ2v) is 24.9. The van der Waals surface area contributed by atoms with Crippen LogP contribution in [-0.2, 0) is 85.8 Å². The lowest BCUT2D eigenvalue weighted by molar-refractivity contribution is -0.157. The van der Waals surface area contributed by atoms with Crippen LogP contribution in [-0.4, -0.2) is 179 Å². The van der Waals surface area contributed by atoms with E-state index in [9.17, 15) is 47.9 Å². The molecule has 0 radical (unpaired) electrons. The van der Waals surface area contributed by atoms with Crippen molar-refractivity contribution in [1.29, 1.82) is 0 Å². The molecule has 1 aliphatic carbocycles. The minimum Gasteiger partial charge on any atom is -0.460 e. The fourth-order valence-electron chi connectivity index (χ4n) is 8.47. The highest BCUT2D eigenvalue weighted by Crippen LogP contribution is 2.44. The topological polar surface area (TPSA) is 326 Å². The van der Waals surface area contributed by atoms with Gasteiger partial charge in [0.15, 0.2) is 0 Å². The number of ether oxygens (including phenoxy) is 9. The van der Waals surface area contributed by atoms with E-state index < -0.39 is 138 Å². The molecule has 0 saturated heterocycles. The van der Waals surface area contributed by atoms with Crippen molar-refractivity contribution in [2.45, 2.75) is 182 Å². The van der Waals surface area contributed by atoms with Crippen molar-refractivity contribution < 1.29 is 90.6 Å². The van der Waals surface area contributed by atoms with Gasteiger partial charge in [0.2, 0.25) is 29.5 Å². The maximum Gasteiger partial charge on any atom is 0.407 e. The maximum absolute atomic E-state index is 14.4. The summed E-state index contributed by atoms with van der Waals surface area (Å²) in [5, 5.41) is 15.1. The maximum atomic E-state index is 14.4. The van der Waals surface area contributed by atoms with Crippen LogP contribution in [0.2, 0.25) is 0 Å². The number of hydrogen-bond donors (Lipinski definition) is 6. The molecule has 0 unspecified atom stereocenters. The van der Waals surface area contributed by atoms with Crippen molar-refractivity contribution in [3.63, 3.8) is 0 Å². The number of hydrogen-bond acceptors (Lipinski definition) is 19. The minimum atomic E-state index is -1.69. The number of rotatable bonds is 35. The van der Waals surface area contributed by atoms with E-state index in [1.165, 1.54) is 0 Å². The molecule has 1 aliphatic rings. The summed E-state index contributed by atoms with van der Waals surface area (Å²) in [6.45, 7) is 24.5. The van der Waals surface area contributed by atoms with Crippen LogP contribution in [0.15, 0.2) is 48.5 Å². The Balaban J connectivity index is 1.66. The molecule has 0 heterocycles. The molecule has 6 amide bonds. The molecule has 25 heteroatoms. The van der Waals surface area contributed by atoms with Gasteiger partial charge in [-0.1, -0.05) is 62.4 Å². The van der Waals surface area contributed by atoms with E-state index in [-0.39, 0.29) is 57.9 Å². The van der Waals surface area contributed by atoms with Gasteiger partial charge in [0.05, 0.1) is 78.7 Å². The summed E-state index contributed by atoms with van der Waals surface area (Å²) in [6.07, 6.45) is -3.13. The number of esters is 4. The molecule has 486 valence electrons. The zero-order valence-electron chi connectivity index (χ0n) is 53.2. The predicted octanol–water partition coefficient (Wildman–Crippen LogP) is 4.62. The van der Waals surface area contributed by atoms with Gasteiger partial charge in [-0.2, -0.15) is 0 Å². The molecule has 0 bridgehead atoms. The quantitative estimate of drug-likeness (QED) is 0.0311. The summed E-state index contributed by atoms with van der Waals surface area (Å²) < 4.78 is 49.1. The third-order valence-corrected chi connectivity index (χ3v) is 12.1. The van der Waals surface area contributed by atoms with Gasteiger partial charge in [0, 0.05) is 18.9 Å². The molecule has 0 spiro atoms. The second-order valence-electron chi connectivity index (χ2n) is 24.9. The molecular formula is C62H94N6O19. The molecule has 4 atom stereocenters. The van der Waals surface area contributed by atoms with Gasteiger partial charge >= 0.3 is 30.0 Å². The van der Waals surface area contributed by atoms with Crippen molar-refractivity contribution in [3.8, 4) is 11.1 Å². The molecular weight excluding hydrogens is 1130 g/mol. The normalized spacial score (nSPS) is 13.7. The largest absolute Gasteiger partial charge is 0.460 e. The van der Waals surface area contributed by atoms with E-state index in [2.05, 4.69) is 31.9 Å². The Bertz CT molecular complexity index is 2570. The van der Waals surface area contributed by atoms with E-state index in [4.69, 9.17) is 42.6 Å². The lowest BCUT2D eigenvalue weighted by Gasteiger charge is -2.28. The van der Waals surface area contributed by atoms with E-state index in [0.717, 1.165) is 22.3 Å². The SMILES string of the molecule is CC(C)[C@H](NC(=O)[C@H](CCC(=O)OC(C)(C)C)NC(=O)[C@H](CC(=O)OC(C)(C)C)NC(=O)OCC1c2ccccc2-c2ccccc21)C(=O)N[C@@H](CC(=O)OC(C)(C)C)C(=O)NCC(=O)NCCOCCOCCOCCOCCC(=O)OC(C)(C)C. The lowest BCUT2D eigenvalue weighted by Crippen LogP contribution is -2.60. The zero-order valence-corrected chi connectivity index (χ0v) is 53.2. The van der Waals surface area contributed by atoms with Crippen LogP contribution in [0.1, 0.15) is 146 Å². The molecule has 2 aromatic rings. The number of fused-ring (bicyclic) bond motifs is 3. The Labute approximate surface area is 511 Å². The fourth-order valence-corrected chi connectivity index (χ4v) is 8.47. The van der Waals surface area contributed by atoms with Gasteiger partial charge in [-0.25, -0.2) is 4.79 Å². The third kappa shape index (κ3) is 30.3. The van der Waals surface area contributed by atoms with Crippen molar-refractivity contribution in [2.24, 2.45) is 5.92 Å². The Hall–Kier alpha value is -7.22. The van der Waals surface area contributed by atoms with Gasteiger partial charge in [0.25, 0.3) is 0 Å². The lowest BCUT2D eigenvalue weighted by atomic mass is 9.98. The van der Waals surface area contributed by atoms with Gasteiger partial charge in [-0.05, 0) is 118 Å². The van der Waals surface area contributed by atoms with Crippen LogP contribution in [0.25, 0.3) is 11.1 Å². The smallest absolute Gasteiger partial charge is 0.407 e. The van der Waals surface area contributed by atoms with Gasteiger partial charge in [0.1, 0.15) is 53.2 Å². The first-order valence-corrected chi connectivity index (χ1v) is 29.4. The number of amides is 6. The standard InChI is InChI=1S/C62H94N6O19/c1-39(2)53(57(77)66-46(35-51(72)86-61(9,10)11)54(74)64-37-48(69)63-26-28-80-30-32-82-34-33-81-31-29-79-27-25-50(71)85-60(6,7)8)68-55(75)45(23-24-49(70)84-59(3,4)5)65-56(76)47(36-52(73)87-62(12,13)14)67-58(78)83-38-44-42-21-17-15-19-40(42)41-20-16-18-22-43(41)44/h15-22,39,44-47,53H,23-38H2,1-14H3,(H,63,69)(H,64,74)(H,65,76)(H,66,77)(H,67,78)(H,68,75)/t45-,46-,47-,53-/m0/s1. The summed E-state index contributed by atoms with van der Waals surface area (Å²) in [5.41, 5.74) is 0.355. The number of carbonyl (C=O) groups excluding carboxylic acids is 10. The molecule has 2 aromatic carbocycles. The Morgan fingerprint density at radius 2 is 0.862 bits per heavy atom. The number of carbonyl (C=O) groups is 10. The molecule has 0 saturated carbocycles. The van der Waals surface area contributed by atoms with Crippen LogP contribution >= 0.6 is 0 Å². The molecule has 0 fully saturated rings. The number of benzene rings is 2. The molecule has 6 N–H and O–H groups in total. The van der Waals surface area contributed by atoms with Crippen LogP contribution in [0.4, 0.5) is 4.79 Å². The van der Waals surface area contributed by atoms with Gasteiger partial charge in [-0.3, -0.25) is 43.2 Å².